The van der Waals surface area contributed by atoms with Crippen molar-refractivity contribution in [1.82, 2.24) is 9.88 Å². The quantitative estimate of drug-likeness (QED) is 0.465. The van der Waals surface area contributed by atoms with Crippen LogP contribution in [0.4, 0.5) is 5.69 Å². The van der Waals surface area contributed by atoms with Gasteiger partial charge >= 0.3 is 0 Å². The minimum Gasteiger partial charge on any atom is -0.491 e. The lowest BCUT2D eigenvalue weighted by molar-refractivity contribution is 0.0827. The van der Waals surface area contributed by atoms with E-state index < -0.39 is 0 Å². The Morgan fingerprint density at radius 2 is 1.81 bits per heavy atom. The normalized spacial score (nSPS) is 13.2. The summed E-state index contributed by atoms with van der Waals surface area (Å²) >= 11 is 0. The lowest BCUT2D eigenvalue weighted by atomic mass is 10.00. The van der Waals surface area contributed by atoms with Gasteiger partial charge in [0.2, 0.25) is 0 Å². The highest BCUT2D eigenvalue weighted by Crippen LogP contribution is 2.33. The summed E-state index contributed by atoms with van der Waals surface area (Å²) in [6.45, 7) is 2.16. The van der Waals surface area contributed by atoms with Crippen LogP contribution in [0.25, 0.3) is 22.0 Å². The van der Waals surface area contributed by atoms with Gasteiger partial charge in [-0.3, -0.25) is 9.78 Å². The zero-order chi connectivity index (χ0) is 22.1. The highest BCUT2D eigenvalue weighted by molar-refractivity contribution is 5.95. The summed E-state index contributed by atoms with van der Waals surface area (Å²) in [5.74, 6) is 0.913. The third-order valence-electron chi connectivity index (χ3n) is 5.86. The molecule has 0 fully saturated rings. The molecular formula is C27H25N3O2. The first-order valence-electron chi connectivity index (χ1n) is 10.8. The van der Waals surface area contributed by atoms with Crippen LogP contribution in [-0.2, 0) is 6.54 Å². The van der Waals surface area contributed by atoms with Crippen molar-refractivity contribution in [2.45, 2.75) is 6.54 Å². The number of carbonyl (C=O) groups excluding carboxylic acids is 1. The zero-order valence-corrected chi connectivity index (χ0v) is 18.3. The average Bonchev–Trinajstić information content (AvgIpc) is 3.05. The first-order chi connectivity index (χ1) is 15.6. The number of para-hydroxylation sites is 1. The van der Waals surface area contributed by atoms with Crippen LogP contribution in [0.3, 0.4) is 0 Å². The number of fused-ring (bicyclic) bond motifs is 2. The van der Waals surface area contributed by atoms with Crippen molar-refractivity contribution in [2.24, 2.45) is 0 Å². The molecule has 0 bridgehead atoms. The molecule has 0 N–H and O–H groups in total. The summed E-state index contributed by atoms with van der Waals surface area (Å²) in [7, 11) is 3.54. The van der Waals surface area contributed by atoms with Gasteiger partial charge in [-0.1, -0.05) is 36.4 Å². The fraction of sp³-hybridized carbons (Fsp3) is 0.185. The molecule has 32 heavy (non-hydrogen) atoms. The van der Waals surface area contributed by atoms with E-state index in [0.29, 0.717) is 12.2 Å². The molecule has 5 rings (SSSR count). The largest absolute Gasteiger partial charge is 0.491 e. The highest BCUT2D eigenvalue weighted by Gasteiger charge is 2.19. The van der Waals surface area contributed by atoms with E-state index in [4.69, 9.17) is 4.74 Å². The van der Waals surface area contributed by atoms with E-state index in [1.165, 1.54) is 0 Å². The summed E-state index contributed by atoms with van der Waals surface area (Å²) in [5.41, 5.74) is 6.06. The minimum atomic E-state index is 0.000633. The Morgan fingerprint density at radius 1 is 0.969 bits per heavy atom. The van der Waals surface area contributed by atoms with Crippen LogP contribution in [0.5, 0.6) is 5.75 Å². The number of hydrogen-bond acceptors (Lipinski definition) is 4. The Bertz CT molecular complexity index is 1290. The molecule has 1 aliphatic rings. The number of nitrogens with zero attached hydrogens (tertiary/aromatic N) is 3. The lowest BCUT2D eigenvalue weighted by Crippen LogP contribution is -2.25. The smallest absolute Gasteiger partial charge is 0.253 e. The number of pyridine rings is 1. The second kappa shape index (κ2) is 8.35. The summed E-state index contributed by atoms with van der Waals surface area (Å²) in [4.78, 5) is 20.9. The van der Waals surface area contributed by atoms with Gasteiger partial charge < -0.3 is 14.5 Å². The molecule has 1 aromatic heterocycles. The molecule has 1 aliphatic heterocycles. The van der Waals surface area contributed by atoms with E-state index in [-0.39, 0.29) is 5.91 Å². The Labute approximate surface area is 187 Å². The maximum Gasteiger partial charge on any atom is 0.253 e. The molecular weight excluding hydrogens is 398 g/mol. The molecule has 0 unspecified atom stereocenters. The van der Waals surface area contributed by atoms with E-state index in [1.807, 2.05) is 48.7 Å². The van der Waals surface area contributed by atoms with Crippen LogP contribution in [0, 0.1) is 0 Å². The van der Waals surface area contributed by atoms with Gasteiger partial charge in [-0.2, -0.15) is 0 Å². The van der Waals surface area contributed by atoms with Gasteiger partial charge in [0, 0.05) is 49.0 Å². The van der Waals surface area contributed by atoms with Crippen molar-refractivity contribution < 1.29 is 9.53 Å². The average molecular weight is 424 g/mol. The van der Waals surface area contributed by atoms with E-state index in [1.54, 1.807) is 19.0 Å². The second-order valence-corrected chi connectivity index (χ2v) is 8.22. The summed E-state index contributed by atoms with van der Waals surface area (Å²) in [5, 5.41) is 1.14. The van der Waals surface area contributed by atoms with Crippen molar-refractivity contribution in [3.05, 3.63) is 90.1 Å². The maximum absolute atomic E-state index is 12.4. The topological polar surface area (TPSA) is 45.7 Å². The third kappa shape index (κ3) is 3.78. The number of carbonyl (C=O) groups is 1. The molecule has 1 amide bonds. The number of ether oxygens (including phenoxy) is 1. The summed E-state index contributed by atoms with van der Waals surface area (Å²) in [6, 6.07) is 24.4. The van der Waals surface area contributed by atoms with Crippen LogP contribution in [0.15, 0.2) is 79.0 Å². The molecule has 160 valence electrons. The van der Waals surface area contributed by atoms with Gasteiger partial charge in [-0.15, -0.1) is 0 Å². The van der Waals surface area contributed by atoms with Gasteiger partial charge in [0.1, 0.15) is 12.4 Å². The molecule has 0 spiro atoms. The van der Waals surface area contributed by atoms with E-state index >= 15 is 0 Å². The monoisotopic (exact) mass is 423 g/mol. The standard InChI is InChI=1S/C27H25N3O2/c1-29(2)27(31)21-7-5-6-19(16-21)20-10-11-26-22(17-20)18-30(14-15-32-26)25-12-13-28-24-9-4-3-8-23(24)25/h3-13,16-17H,14-15,18H2,1-2H3. The molecule has 5 heteroatoms. The molecule has 5 nitrogen and oxygen atoms in total. The van der Waals surface area contributed by atoms with Gasteiger partial charge in [0.05, 0.1) is 12.1 Å². The Balaban J connectivity index is 1.51. The van der Waals surface area contributed by atoms with E-state index in [0.717, 1.165) is 52.1 Å². The van der Waals surface area contributed by atoms with Crippen molar-refractivity contribution in [2.75, 3.05) is 32.1 Å². The van der Waals surface area contributed by atoms with Crippen LogP contribution in [0.2, 0.25) is 0 Å². The number of rotatable bonds is 3. The first kappa shape index (κ1) is 20.1. The zero-order valence-electron chi connectivity index (χ0n) is 18.3. The summed E-state index contributed by atoms with van der Waals surface area (Å²) in [6.07, 6.45) is 1.87. The minimum absolute atomic E-state index is 0.000633. The number of benzene rings is 3. The number of amides is 1. The van der Waals surface area contributed by atoms with Crippen molar-refractivity contribution in [1.29, 1.82) is 0 Å². The van der Waals surface area contributed by atoms with Crippen LogP contribution in [-0.4, -0.2) is 43.0 Å². The van der Waals surface area contributed by atoms with Gasteiger partial charge in [0.15, 0.2) is 0 Å². The van der Waals surface area contributed by atoms with E-state index in [2.05, 4.69) is 40.2 Å². The molecule has 0 atom stereocenters. The third-order valence-corrected chi connectivity index (χ3v) is 5.86. The van der Waals surface area contributed by atoms with E-state index in [9.17, 15) is 4.79 Å². The van der Waals surface area contributed by atoms with Crippen molar-refractivity contribution >= 4 is 22.5 Å². The molecule has 0 saturated carbocycles. The Morgan fingerprint density at radius 3 is 2.69 bits per heavy atom. The maximum atomic E-state index is 12.4. The predicted molar refractivity (Wildman–Crippen MR) is 128 cm³/mol. The first-order valence-corrected chi connectivity index (χ1v) is 10.8. The Kier molecular flexibility index (Phi) is 5.23. The molecule has 2 heterocycles. The number of anilines is 1. The lowest BCUT2D eigenvalue weighted by Gasteiger charge is -2.23. The number of hydrogen-bond donors (Lipinski definition) is 0. The second-order valence-electron chi connectivity index (χ2n) is 8.22. The van der Waals surface area contributed by atoms with Crippen molar-refractivity contribution in [3.8, 4) is 16.9 Å². The fourth-order valence-corrected chi connectivity index (χ4v) is 4.23. The molecule has 0 saturated heterocycles. The molecule has 3 aromatic carbocycles. The van der Waals surface area contributed by atoms with Crippen molar-refractivity contribution in [3.63, 3.8) is 0 Å². The fourth-order valence-electron chi connectivity index (χ4n) is 4.23. The molecule has 0 aliphatic carbocycles. The Hall–Kier alpha value is -3.86. The molecule has 4 aromatic rings. The highest BCUT2D eigenvalue weighted by atomic mass is 16.5. The molecule has 0 radical (unpaired) electrons. The van der Waals surface area contributed by atoms with Gasteiger partial charge in [-0.05, 0) is 47.5 Å². The number of aromatic nitrogens is 1. The predicted octanol–water partition coefficient (Wildman–Crippen LogP) is 5.00. The SMILES string of the molecule is CN(C)C(=O)c1cccc(-c2ccc3c(c2)CN(c2ccnc4ccccc24)CCO3)c1. The van der Waals surface area contributed by atoms with Crippen LogP contribution in [0.1, 0.15) is 15.9 Å². The summed E-state index contributed by atoms with van der Waals surface area (Å²) < 4.78 is 6.08. The van der Waals surface area contributed by atoms with Gasteiger partial charge in [0.25, 0.3) is 5.91 Å². The van der Waals surface area contributed by atoms with Crippen LogP contribution >= 0.6 is 0 Å². The van der Waals surface area contributed by atoms with Crippen LogP contribution < -0.4 is 9.64 Å². The van der Waals surface area contributed by atoms with Gasteiger partial charge in [-0.25, -0.2) is 0 Å².